The molecule has 184 valence electrons. The lowest BCUT2D eigenvalue weighted by atomic mass is 10.0. The molecule has 0 saturated heterocycles. The van der Waals surface area contributed by atoms with Crippen molar-refractivity contribution in [2.75, 3.05) is 13.2 Å². The number of esters is 1. The van der Waals surface area contributed by atoms with Crippen LogP contribution in [-0.4, -0.2) is 31.1 Å². The van der Waals surface area contributed by atoms with Crippen LogP contribution in [0.2, 0.25) is 0 Å². The standard InChI is InChI=1S/C26H52N2O3/c1-3-5-6-7-8-9-10-11-12-13-14-15-16-17-18-22-25(29)28-23-20-19-21-24(27)26(30)31-4-2/h24H,3-23,27H2,1-2H3,(H,28,29)/t24-/m0/s1. The van der Waals surface area contributed by atoms with Crippen LogP contribution in [0.4, 0.5) is 0 Å². The number of amides is 1. The van der Waals surface area contributed by atoms with Gasteiger partial charge in [-0.1, -0.05) is 96.8 Å². The van der Waals surface area contributed by atoms with Crippen molar-refractivity contribution in [2.24, 2.45) is 5.73 Å². The summed E-state index contributed by atoms with van der Waals surface area (Å²) in [5.74, 6) is -0.191. The zero-order valence-electron chi connectivity index (χ0n) is 20.7. The summed E-state index contributed by atoms with van der Waals surface area (Å²) in [6, 6.07) is -0.545. The van der Waals surface area contributed by atoms with Crippen molar-refractivity contribution in [2.45, 2.75) is 142 Å². The lowest BCUT2D eigenvalue weighted by Crippen LogP contribution is -2.32. The van der Waals surface area contributed by atoms with Gasteiger partial charge in [0.15, 0.2) is 0 Å². The summed E-state index contributed by atoms with van der Waals surface area (Å²) < 4.78 is 4.88. The Morgan fingerprint density at radius 2 is 1.19 bits per heavy atom. The summed E-state index contributed by atoms with van der Waals surface area (Å²) >= 11 is 0. The Morgan fingerprint density at radius 1 is 0.710 bits per heavy atom. The second-order valence-electron chi connectivity index (χ2n) is 8.90. The maximum absolute atomic E-state index is 11.9. The first-order valence-corrected chi connectivity index (χ1v) is 13.3. The predicted molar refractivity (Wildman–Crippen MR) is 131 cm³/mol. The minimum atomic E-state index is -0.545. The Labute approximate surface area is 192 Å². The van der Waals surface area contributed by atoms with E-state index in [1.54, 1.807) is 6.92 Å². The van der Waals surface area contributed by atoms with E-state index < -0.39 is 6.04 Å². The molecule has 0 aliphatic rings. The molecular weight excluding hydrogens is 388 g/mol. The number of hydrogen-bond acceptors (Lipinski definition) is 4. The quantitative estimate of drug-likeness (QED) is 0.142. The van der Waals surface area contributed by atoms with Crippen LogP contribution < -0.4 is 11.1 Å². The Balaban J connectivity index is 3.27. The van der Waals surface area contributed by atoms with Gasteiger partial charge in [0, 0.05) is 13.0 Å². The van der Waals surface area contributed by atoms with Gasteiger partial charge in [-0.3, -0.25) is 9.59 Å². The first-order chi connectivity index (χ1) is 15.1. The molecule has 1 amide bonds. The summed E-state index contributed by atoms with van der Waals surface area (Å²) in [6.07, 6.45) is 23.0. The minimum Gasteiger partial charge on any atom is -0.465 e. The molecule has 0 bridgehead atoms. The summed E-state index contributed by atoms with van der Waals surface area (Å²) in [4.78, 5) is 23.3. The van der Waals surface area contributed by atoms with Crippen LogP contribution in [0.5, 0.6) is 0 Å². The van der Waals surface area contributed by atoms with E-state index in [1.165, 1.54) is 83.5 Å². The second kappa shape index (κ2) is 23.6. The molecule has 1 atom stereocenters. The van der Waals surface area contributed by atoms with Gasteiger partial charge in [-0.15, -0.1) is 0 Å². The highest BCUT2D eigenvalue weighted by molar-refractivity contribution is 5.76. The van der Waals surface area contributed by atoms with Crippen LogP contribution in [0.15, 0.2) is 0 Å². The van der Waals surface area contributed by atoms with Crippen molar-refractivity contribution in [1.29, 1.82) is 0 Å². The van der Waals surface area contributed by atoms with Crippen molar-refractivity contribution in [1.82, 2.24) is 5.32 Å². The Bertz CT molecular complexity index is 415. The van der Waals surface area contributed by atoms with Gasteiger partial charge in [-0.05, 0) is 32.6 Å². The average molecular weight is 441 g/mol. The number of nitrogens with two attached hydrogens (primary N) is 1. The van der Waals surface area contributed by atoms with Crippen molar-refractivity contribution >= 4 is 11.9 Å². The fourth-order valence-electron chi connectivity index (χ4n) is 3.83. The molecule has 5 nitrogen and oxygen atoms in total. The molecule has 0 aliphatic carbocycles. The summed E-state index contributed by atoms with van der Waals surface area (Å²) in [6.45, 7) is 5.07. The largest absolute Gasteiger partial charge is 0.465 e. The number of carbonyl (C=O) groups is 2. The van der Waals surface area contributed by atoms with E-state index in [1.807, 2.05) is 0 Å². The Kier molecular flexibility index (Phi) is 22.7. The fourth-order valence-corrected chi connectivity index (χ4v) is 3.83. The van der Waals surface area contributed by atoms with Crippen LogP contribution in [0.1, 0.15) is 136 Å². The average Bonchev–Trinajstić information content (AvgIpc) is 2.76. The second-order valence-corrected chi connectivity index (χ2v) is 8.90. The molecule has 0 aromatic rings. The third kappa shape index (κ3) is 21.9. The van der Waals surface area contributed by atoms with Gasteiger partial charge in [0.1, 0.15) is 6.04 Å². The van der Waals surface area contributed by atoms with Gasteiger partial charge < -0.3 is 15.8 Å². The highest BCUT2D eigenvalue weighted by atomic mass is 16.5. The Morgan fingerprint density at radius 3 is 1.68 bits per heavy atom. The van der Waals surface area contributed by atoms with Gasteiger partial charge in [-0.2, -0.15) is 0 Å². The number of ether oxygens (including phenoxy) is 1. The van der Waals surface area contributed by atoms with Gasteiger partial charge in [0.2, 0.25) is 5.91 Å². The molecule has 0 heterocycles. The first-order valence-electron chi connectivity index (χ1n) is 13.3. The van der Waals surface area contributed by atoms with E-state index in [4.69, 9.17) is 10.5 Å². The van der Waals surface area contributed by atoms with Gasteiger partial charge in [-0.25, -0.2) is 0 Å². The van der Waals surface area contributed by atoms with E-state index in [0.717, 1.165) is 25.7 Å². The molecule has 3 N–H and O–H groups in total. The smallest absolute Gasteiger partial charge is 0.322 e. The molecule has 0 rings (SSSR count). The summed E-state index contributed by atoms with van der Waals surface area (Å²) in [5, 5.41) is 2.96. The molecule has 0 aliphatic heterocycles. The normalized spacial score (nSPS) is 12.0. The monoisotopic (exact) mass is 440 g/mol. The SMILES string of the molecule is CCCCCCCCCCCCCCCCCC(=O)NCCCC[C@H](N)C(=O)OCC. The third-order valence-electron chi connectivity index (χ3n) is 5.86. The lowest BCUT2D eigenvalue weighted by Gasteiger charge is -2.10. The number of nitrogens with one attached hydrogen (secondary N) is 1. The summed E-state index contributed by atoms with van der Waals surface area (Å²) in [7, 11) is 0. The summed E-state index contributed by atoms with van der Waals surface area (Å²) in [5.41, 5.74) is 5.75. The molecular formula is C26H52N2O3. The van der Waals surface area contributed by atoms with Crippen LogP contribution in [0.3, 0.4) is 0 Å². The molecule has 5 heteroatoms. The van der Waals surface area contributed by atoms with E-state index in [2.05, 4.69) is 12.2 Å². The third-order valence-corrected chi connectivity index (χ3v) is 5.86. The van der Waals surface area contributed by atoms with Crippen LogP contribution in [0.25, 0.3) is 0 Å². The molecule has 0 aromatic carbocycles. The highest BCUT2D eigenvalue weighted by Crippen LogP contribution is 2.13. The van der Waals surface area contributed by atoms with E-state index >= 15 is 0 Å². The predicted octanol–water partition coefficient (Wildman–Crippen LogP) is 6.42. The molecule has 0 saturated carbocycles. The molecule has 0 fully saturated rings. The number of hydrogen-bond donors (Lipinski definition) is 2. The van der Waals surface area contributed by atoms with Crippen LogP contribution in [0, 0.1) is 0 Å². The maximum Gasteiger partial charge on any atom is 0.322 e. The minimum absolute atomic E-state index is 0.143. The zero-order chi connectivity index (χ0) is 23.0. The molecule has 0 aromatic heterocycles. The molecule has 0 radical (unpaired) electrons. The van der Waals surface area contributed by atoms with Crippen LogP contribution >= 0.6 is 0 Å². The molecule has 0 spiro atoms. The van der Waals surface area contributed by atoms with Gasteiger partial charge in [0.05, 0.1) is 6.61 Å². The number of carbonyl (C=O) groups excluding carboxylic acids is 2. The van der Waals surface area contributed by atoms with Crippen molar-refractivity contribution in [3.8, 4) is 0 Å². The van der Waals surface area contributed by atoms with E-state index in [0.29, 0.717) is 26.0 Å². The molecule has 0 unspecified atom stereocenters. The zero-order valence-corrected chi connectivity index (χ0v) is 20.7. The van der Waals surface area contributed by atoms with E-state index in [9.17, 15) is 9.59 Å². The highest BCUT2D eigenvalue weighted by Gasteiger charge is 2.13. The number of rotatable bonds is 23. The fraction of sp³-hybridized carbons (Fsp3) is 0.923. The lowest BCUT2D eigenvalue weighted by molar-refractivity contribution is -0.144. The van der Waals surface area contributed by atoms with Gasteiger partial charge >= 0.3 is 5.97 Å². The van der Waals surface area contributed by atoms with E-state index in [-0.39, 0.29) is 11.9 Å². The van der Waals surface area contributed by atoms with Crippen molar-refractivity contribution in [3.05, 3.63) is 0 Å². The van der Waals surface area contributed by atoms with Crippen molar-refractivity contribution < 1.29 is 14.3 Å². The maximum atomic E-state index is 11.9. The number of unbranched alkanes of at least 4 members (excludes halogenated alkanes) is 15. The first kappa shape index (κ1) is 29.9. The van der Waals surface area contributed by atoms with Crippen molar-refractivity contribution in [3.63, 3.8) is 0 Å². The van der Waals surface area contributed by atoms with Crippen LogP contribution in [-0.2, 0) is 14.3 Å². The Hall–Kier alpha value is -1.10. The van der Waals surface area contributed by atoms with Gasteiger partial charge in [0.25, 0.3) is 0 Å². The molecule has 31 heavy (non-hydrogen) atoms. The topological polar surface area (TPSA) is 81.4 Å².